The Labute approximate surface area is 118 Å². The average Bonchev–Trinajstić information content (AvgIpc) is 2.39. The van der Waals surface area contributed by atoms with Crippen molar-refractivity contribution in [3.05, 3.63) is 24.3 Å². The van der Waals surface area contributed by atoms with Crippen molar-refractivity contribution in [2.45, 2.75) is 26.3 Å². The van der Waals surface area contributed by atoms with Gasteiger partial charge in [0.1, 0.15) is 11.8 Å². The molecule has 0 aliphatic carbocycles. The molecule has 2 N–H and O–H groups in total. The zero-order valence-electron chi connectivity index (χ0n) is 11.9. The van der Waals surface area contributed by atoms with Crippen LogP contribution < -0.4 is 10.1 Å². The molecular weight excluding hydrogens is 260 g/mol. The fourth-order valence-corrected chi connectivity index (χ4v) is 1.80. The van der Waals surface area contributed by atoms with Gasteiger partial charge in [-0.3, -0.25) is 0 Å². The van der Waals surface area contributed by atoms with Crippen LogP contribution in [-0.2, 0) is 4.79 Å². The minimum Gasteiger partial charge on any atom is -0.494 e. The number of hydrogen-bond acceptors (Lipinski definition) is 3. The summed E-state index contributed by atoms with van der Waals surface area (Å²) in [5.74, 6) is -0.369. The van der Waals surface area contributed by atoms with Gasteiger partial charge in [0, 0.05) is 18.8 Å². The molecule has 0 spiro atoms. The summed E-state index contributed by atoms with van der Waals surface area (Å²) in [5.41, 5.74) is 0.563. The van der Waals surface area contributed by atoms with Gasteiger partial charge in [-0.1, -0.05) is 13.0 Å². The van der Waals surface area contributed by atoms with Gasteiger partial charge in [0.25, 0.3) is 0 Å². The van der Waals surface area contributed by atoms with Crippen LogP contribution in [0.3, 0.4) is 0 Å². The third-order valence-corrected chi connectivity index (χ3v) is 2.86. The van der Waals surface area contributed by atoms with Crippen LogP contribution in [0.2, 0.25) is 0 Å². The minimum absolute atomic E-state index is 0.345. The van der Waals surface area contributed by atoms with E-state index >= 15 is 0 Å². The van der Waals surface area contributed by atoms with Gasteiger partial charge in [0.05, 0.1) is 6.61 Å². The Balaban J connectivity index is 2.74. The molecule has 0 fully saturated rings. The second-order valence-corrected chi connectivity index (χ2v) is 4.26. The van der Waals surface area contributed by atoms with Crippen molar-refractivity contribution in [2.75, 3.05) is 19.0 Å². The first-order valence-corrected chi connectivity index (χ1v) is 6.49. The molecule has 0 aliphatic heterocycles. The van der Waals surface area contributed by atoms with E-state index in [1.807, 2.05) is 6.92 Å². The standard InChI is InChI=1S/C14H20N2O4/c1-4-12(13(17)18)16(3)14(19)15-10-7-6-8-11(9-10)20-5-2/h6-9,12H,4-5H2,1-3H3,(H,15,19)(H,17,18). The summed E-state index contributed by atoms with van der Waals surface area (Å²) >= 11 is 0. The van der Waals surface area contributed by atoms with Crippen molar-refractivity contribution in [3.63, 3.8) is 0 Å². The summed E-state index contributed by atoms with van der Waals surface area (Å²) in [7, 11) is 1.46. The van der Waals surface area contributed by atoms with E-state index in [2.05, 4.69) is 5.32 Å². The Bertz CT molecular complexity index is 476. The van der Waals surface area contributed by atoms with E-state index in [0.29, 0.717) is 24.5 Å². The number of amides is 2. The van der Waals surface area contributed by atoms with E-state index < -0.39 is 18.0 Å². The fourth-order valence-electron chi connectivity index (χ4n) is 1.80. The van der Waals surface area contributed by atoms with E-state index in [1.54, 1.807) is 31.2 Å². The highest BCUT2D eigenvalue weighted by Gasteiger charge is 2.24. The first-order valence-electron chi connectivity index (χ1n) is 6.49. The molecule has 2 amide bonds. The van der Waals surface area contributed by atoms with Crippen LogP contribution >= 0.6 is 0 Å². The number of carbonyl (C=O) groups excluding carboxylic acids is 1. The molecule has 0 saturated carbocycles. The van der Waals surface area contributed by atoms with Gasteiger partial charge in [0.15, 0.2) is 0 Å². The quantitative estimate of drug-likeness (QED) is 0.838. The van der Waals surface area contributed by atoms with E-state index in [-0.39, 0.29) is 0 Å². The fraction of sp³-hybridized carbons (Fsp3) is 0.429. The summed E-state index contributed by atoms with van der Waals surface area (Å²) in [5, 5.41) is 11.7. The Morgan fingerprint density at radius 3 is 2.65 bits per heavy atom. The largest absolute Gasteiger partial charge is 0.494 e. The zero-order valence-corrected chi connectivity index (χ0v) is 11.9. The van der Waals surface area contributed by atoms with Crippen LogP contribution in [0.15, 0.2) is 24.3 Å². The number of rotatable bonds is 6. The zero-order chi connectivity index (χ0) is 15.1. The predicted octanol–water partition coefficient (Wildman–Crippen LogP) is 2.41. The monoisotopic (exact) mass is 280 g/mol. The number of carboxylic acids is 1. The van der Waals surface area contributed by atoms with Crippen LogP contribution in [0.4, 0.5) is 10.5 Å². The Hall–Kier alpha value is -2.24. The number of carboxylic acid groups (broad SMARTS) is 1. The number of ether oxygens (including phenoxy) is 1. The van der Waals surface area contributed by atoms with E-state index in [9.17, 15) is 9.59 Å². The molecule has 0 aliphatic rings. The first kappa shape index (κ1) is 15.8. The first-order chi connectivity index (χ1) is 9.49. The van der Waals surface area contributed by atoms with Crippen LogP contribution in [0, 0.1) is 0 Å². The smallest absolute Gasteiger partial charge is 0.326 e. The maximum atomic E-state index is 12.0. The highest BCUT2D eigenvalue weighted by Crippen LogP contribution is 2.18. The molecule has 20 heavy (non-hydrogen) atoms. The van der Waals surface area contributed by atoms with Crippen LogP contribution in [-0.4, -0.2) is 41.7 Å². The molecule has 1 rings (SSSR count). The summed E-state index contributed by atoms with van der Waals surface area (Å²) in [6, 6.07) is 5.65. The molecule has 110 valence electrons. The molecule has 0 aromatic heterocycles. The van der Waals surface area contributed by atoms with Crippen molar-refractivity contribution < 1.29 is 19.4 Å². The number of anilines is 1. The van der Waals surface area contributed by atoms with Crippen LogP contribution in [0.1, 0.15) is 20.3 Å². The Morgan fingerprint density at radius 1 is 1.40 bits per heavy atom. The predicted molar refractivity (Wildman–Crippen MR) is 76.1 cm³/mol. The number of likely N-dealkylation sites (N-methyl/N-ethyl adjacent to an activating group) is 1. The van der Waals surface area contributed by atoms with Crippen LogP contribution in [0.5, 0.6) is 5.75 Å². The SMILES string of the molecule is CCOc1cccc(NC(=O)N(C)C(CC)C(=O)O)c1. The normalized spacial score (nSPS) is 11.6. The Kier molecular flexibility index (Phi) is 5.83. The highest BCUT2D eigenvalue weighted by molar-refractivity contribution is 5.92. The second kappa shape index (κ2) is 7.37. The van der Waals surface area contributed by atoms with Crippen molar-refractivity contribution in [3.8, 4) is 5.75 Å². The summed E-state index contributed by atoms with van der Waals surface area (Å²) in [6.07, 6.45) is 0.345. The van der Waals surface area contributed by atoms with Gasteiger partial charge in [-0.05, 0) is 25.5 Å². The molecule has 0 heterocycles. The third kappa shape index (κ3) is 4.15. The number of nitrogens with one attached hydrogen (secondary N) is 1. The van der Waals surface area contributed by atoms with E-state index in [1.165, 1.54) is 11.9 Å². The molecule has 1 atom stereocenters. The lowest BCUT2D eigenvalue weighted by Gasteiger charge is -2.24. The molecule has 1 unspecified atom stereocenters. The highest BCUT2D eigenvalue weighted by atomic mass is 16.5. The van der Waals surface area contributed by atoms with Gasteiger partial charge in [-0.25, -0.2) is 9.59 Å². The number of carbonyl (C=O) groups is 2. The molecule has 0 radical (unpaired) electrons. The summed E-state index contributed by atoms with van der Waals surface area (Å²) in [4.78, 5) is 24.2. The lowest BCUT2D eigenvalue weighted by atomic mass is 10.2. The maximum Gasteiger partial charge on any atom is 0.326 e. The molecular formula is C14H20N2O4. The van der Waals surface area contributed by atoms with Gasteiger partial charge in [-0.2, -0.15) is 0 Å². The molecule has 0 saturated heterocycles. The van der Waals surface area contributed by atoms with Crippen molar-refractivity contribution in [1.82, 2.24) is 4.90 Å². The van der Waals surface area contributed by atoms with E-state index in [0.717, 1.165) is 0 Å². The lowest BCUT2D eigenvalue weighted by molar-refractivity contribution is -0.141. The van der Waals surface area contributed by atoms with Gasteiger partial charge < -0.3 is 20.1 Å². The number of hydrogen-bond donors (Lipinski definition) is 2. The molecule has 1 aromatic rings. The minimum atomic E-state index is -1.02. The summed E-state index contributed by atoms with van der Waals surface area (Å²) < 4.78 is 5.34. The molecule has 0 bridgehead atoms. The second-order valence-electron chi connectivity index (χ2n) is 4.26. The number of urea groups is 1. The summed E-state index contributed by atoms with van der Waals surface area (Å²) in [6.45, 7) is 4.13. The average molecular weight is 280 g/mol. The lowest BCUT2D eigenvalue weighted by Crippen LogP contribution is -2.44. The number of nitrogens with zero attached hydrogens (tertiary/aromatic N) is 1. The third-order valence-electron chi connectivity index (χ3n) is 2.86. The van der Waals surface area contributed by atoms with Gasteiger partial charge in [-0.15, -0.1) is 0 Å². The van der Waals surface area contributed by atoms with Crippen LogP contribution in [0.25, 0.3) is 0 Å². The number of aliphatic carboxylic acids is 1. The van der Waals surface area contributed by atoms with Crippen molar-refractivity contribution in [2.24, 2.45) is 0 Å². The number of benzene rings is 1. The molecule has 1 aromatic carbocycles. The molecule has 6 nitrogen and oxygen atoms in total. The molecule has 6 heteroatoms. The maximum absolute atomic E-state index is 12.0. The Morgan fingerprint density at radius 2 is 2.10 bits per heavy atom. The topological polar surface area (TPSA) is 78.9 Å². The van der Waals surface area contributed by atoms with Crippen molar-refractivity contribution >= 4 is 17.7 Å². The van der Waals surface area contributed by atoms with Gasteiger partial charge in [0.2, 0.25) is 0 Å². The van der Waals surface area contributed by atoms with Crippen molar-refractivity contribution in [1.29, 1.82) is 0 Å². The van der Waals surface area contributed by atoms with Gasteiger partial charge >= 0.3 is 12.0 Å². The van der Waals surface area contributed by atoms with E-state index in [4.69, 9.17) is 9.84 Å².